The van der Waals surface area contributed by atoms with Gasteiger partial charge in [-0.15, -0.1) is 0 Å². The molecule has 0 saturated carbocycles. The molecule has 0 saturated heterocycles. The van der Waals surface area contributed by atoms with Crippen molar-refractivity contribution in [2.45, 2.75) is 45.7 Å². The van der Waals surface area contributed by atoms with Gasteiger partial charge in [0.2, 0.25) is 5.91 Å². The van der Waals surface area contributed by atoms with Crippen molar-refractivity contribution in [2.24, 2.45) is 11.1 Å². The number of rotatable bonds is 2. The average Bonchev–Trinajstić information content (AvgIpc) is 2.53. The molecule has 0 bridgehead atoms. The highest BCUT2D eigenvalue weighted by atomic mass is 16.2. The van der Waals surface area contributed by atoms with Crippen LogP contribution in [0, 0.1) is 5.41 Å². The van der Waals surface area contributed by atoms with Gasteiger partial charge in [-0.05, 0) is 18.3 Å². The van der Waals surface area contributed by atoms with Crippen LogP contribution in [0.25, 0.3) is 0 Å². The number of hydrogen-bond acceptors (Lipinski definition) is 2. The minimum Gasteiger partial charge on any atom is -0.351 e. The minimum atomic E-state index is -0.428. The number of carbonyl (C=O) groups excluding carboxylic acids is 1. The SMILES string of the molecule is CC(C)(C)[C@H](N)C(=O)NC1CC=CC1. The molecule has 14 heavy (non-hydrogen) atoms. The van der Waals surface area contributed by atoms with Crippen molar-refractivity contribution < 1.29 is 4.79 Å². The number of hydrogen-bond donors (Lipinski definition) is 2. The molecule has 1 aliphatic rings. The van der Waals surface area contributed by atoms with Crippen LogP contribution < -0.4 is 11.1 Å². The molecule has 3 N–H and O–H groups in total. The van der Waals surface area contributed by atoms with Gasteiger partial charge in [0.1, 0.15) is 0 Å². The summed E-state index contributed by atoms with van der Waals surface area (Å²) >= 11 is 0. The molecule has 0 aromatic rings. The molecular formula is C11H20N2O. The summed E-state index contributed by atoms with van der Waals surface area (Å²) in [6.07, 6.45) is 6.05. The van der Waals surface area contributed by atoms with Gasteiger partial charge in [0.25, 0.3) is 0 Å². The van der Waals surface area contributed by atoms with Crippen LogP contribution in [0.1, 0.15) is 33.6 Å². The Balaban J connectivity index is 2.41. The molecule has 0 aliphatic heterocycles. The molecule has 0 aromatic carbocycles. The molecule has 80 valence electrons. The Morgan fingerprint density at radius 1 is 1.43 bits per heavy atom. The fourth-order valence-corrected chi connectivity index (χ4v) is 1.42. The van der Waals surface area contributed by atoms with Crippen LogP contribution in [0.2, 0.25) is 0 Å². The van der Waals surface area contributed by atoms with Gasteiger partial charge in [0, 0.05) is 6.04 Å². The van der Waals surface area contributed by atoms with E-state index in [9.17, 15) is 4.79 Å². The normalized spacial score (nSPS) is 19.7. The van der Waals surface area contributed by atoms with Gasteiger partial charge >= 0.3 is 0 Å². The van der Waals surface area contributed by atoms with Crippen LogP contribution in [0.3, 0.4) is 0 Å². The van der Waals surface area contributed by atoms with Crippen molar-refractivity contribution in [2.75, 3.05) is 0 Å². The number of amides is 1. The Morgan fingerprint density at radius 2 is 1.93 bits per heavy atom. The summed E-state index contributed by atoms with van der Waals surface area (Å²) < 4.78 is 0. The highest BCUT2D eigenvalue weighted by molar-refractivity contribution is 5.82. The van der Waals surface area contributed by atoms with Crippen LogP contribution in [-0.4, -0.2) is 18.0 Å². The lowest BCUT2D eigenvalue weighted by Crippen LogP contribution is -2.50. The summed E-state index contributed by atoms with van der Waals surface area (Å²) in [4.78, 5) is 11.7. The van der Waals surface area contributed by atoms with E-state index in [-0.39, 0.29) is 17.4 Å². The number of carbonyl (C=O) groups is 1. The van der Waals surface area contributed by atoms with Gasteiger partial charge in [-0.2, -0.15) is 0 Å². The average molecular weight is 196 g/mol. The fourth-order valence-electron chi connectivity index (χ4n) is 1.42. The fraction of sp³-hybridized carbons (Fsp3) is 0.727. The lowest BCUT2D eigenvalue weighted by Gasteiger charge is -2.27. The van der Waals surface area contributed by atoms with Crippen molar-refractivity contribution in [3.05, 3.63) is 12.2 Å². The molecule has 1 aliphatic carbocycles. The van der Waals surface area contributed by atoms with E-state index in [4.69, 9.17) is 5.73 Å². The van der Waals surface area contributed by atoms with Gasteiger partial charge in [0.05, 0.1) is 6.04 Å². The Labute approximate surface area is 85.7 Å². The summed E-state index contributed by atoms with van der Waals surface area (Å²) in [5, 5.41) is 2.96. The third kappa shape index (κ3) is 2.84. The maximum Gasteiger partial charge on any atom is 0.237 e. The maximum atomic E-state index is 11.7. The molecule has 0 unspecified atom stereocenters. The first-order valence-electron chi connectivity index (χ1n) is 5.12. The van der Waals surface area contributed by atoms with Crippen molar-refractivity contribution in [3.8, 4) is 0 Å². The summed E-state index contributed by atoms with van der Waals surface area (Å²) in [6.45, 7) is 5.93. The Hall–Kier alpha value is -0.830. The summed E-state index contributed by atoms with van der Waals surface area (Å²) in [6, 6.07) is -0.168. The third-order valence-corrected chi connectivity index (χ3v) is 2.57. The predicted octanol–water partition coefficient (Wildman–Crippen LogP) is 1.19. The Kier molecular flexibility index (Phi) is 3.32. The second kappa shape index (κ2) is 4.13. The van der Waals surface area contributed by atoms with E-state index in [2.05, 4.69) is 17.5 Å². The summed E-state index contributed by atoms with van der Waals surface area (Å²) in [5.41, 5.74) is 5.67. The van der Waals surface area contributed by atoms with Crippen molar-refractivity contribution in [1.29, 1.82) is 0 Å². The zero-order valence-electron chi connectivity index (χ0n) is 9.21. The molecule has 3 nitrogen and oxygen atoms in total. The second-order valence-electron chi connectivity index (χ2n) is 4.99. The molecule has 3 heteroatoms. The van der Waals surface area contributed by atoms with Crippen LogP contribution >= 0.6 is 0 Å². The van der Waals surface area contributed by atoms with E-state index in [1.807, 2.05) is 20.8 Å². The number of nitrogens with one attached hydrogen (secondary N) is 1. The van der Waals surface area contributed by atoms with Crippen LogP contribution in [0.4, 0.5) is 0 Å². The zero-order valence-corrected chi connectivity index (χ0v) is 9.21. The van der Waals surface area contributed by atoms with Gasteiger partial charge in [-0.25, -0.2) is 0 Å². The maximum absolute atomic E-state index is 11.7. The predicted molar refractivity (Wildman–Crippen MR) is 57.7 cm³/mol. The molecule has 0 aromatic heterocycles. The van der Waals surface area contributed by atoms with Crippen LogP contribution in [-0.2, 0) is 4.79 Å². The van der Waals surface area contributed by atoms with Crippen LogP contribution in [0.5, 0.6) is 0 Å². The van der Waals surface area contributed by atoms with E-state index in [1.54, 1.807) is 0 Å². The summed E-state index contributed by atoms with van der Waals surface area (Å²) in [5.74, 6) is -0.0359. The highest BCUT2D eigenvalue weighted by Crippen LogP contribution is 2.18. The molecule has 0 spiro atoms. The zero-order chi connectivity index (χ0) is 10.8. The third-order valence-electron chi connectivity index (χ3n) is 2.57. The van der Waals surface area contributed by atoms with E-state index in [0.717, 1.165) is 12.8 Å². The van der Waals surface area contributed by atoms with Gasteiger partial charge < -0.3 is 11.1 Å². The molecule has 1 amide bonds. The quantitative estimate of drug-likeness (QED) is 0.652. The molecule has 0 heterocycles. The lowest BCUT2D eigenvalue weighted by molar-refractivity contribution is -0.125. The number of nitrogens with two attached hydrogens (primary N) is 1. The smallest absolute Gasteiger partial charge is 0.237 e. The van der Waals surface area contributed by atoms with Crippen molar-refractivity contribution in [1.82, 2.24) is 5.32 Å². The molecule has 0 radical (unpaired) electrons. The first kappa shape index (κ1) is 11.2. The topological polar surface area (TPSA) is 55.1 Å². The van der Waals surface area contributed by atoms with Crippen molar-refractivity contribution in [3.63, 3.8) is 0 Å². The van der Waals surface area contributed by atoms with Gasteiger partial charge in [0.15, 0.2) is 0 Å². The standard InChI is InChI=1S/C11H20N2O/c1-11(2,3)9(12)10(14)13-8-6-4-5-7-8/h4-5,8-9H,6-7,12H2,1-3H3,(H,13,14)/t9-/m1/s1. The molecule has 0 fully saturated rings. The van der Waals surface area contributed by atoms with E-state index in [0.29, 0.717) is 0 Å². The first-order chi connectivity index (χ1) is 6.41. The largest absolute Gasteiger partial charge is 0.351 e. The van der Waals surface area contributed by atoms with Gasteiger partial charge in [-0.1, -0.05) is 32.9 Å². The first-order valence-corrected chi connectivity index (χ1v) is 5.12. The Bertz CT molecular complexity index is 232. The summed E-state index contributed by atoms with van der Waals surface area (Å²) in [7, 11) is 0. The lowest BCUT2D eigenvalue weighted by atomic mass is 9.87. The molecule has 1 atom stereocenters. The van der Waals surface area contributed by atoms with Crippen molar-refractivity contribution >= 4 is 5.91 Å². The highest BCUT2D eigenvalue weighted by Gasteiger charge is 2.28. The van der Waals surface area contributed by atoms with Crippen LogP contribution in [0.15, 0.2) is 12.2 Å². The monoisotopic (exact) mass is 196 g/mol. The second-order valence-corrected chi connectivity index (χ2v) is 4.99. The van der Waals surface area contributed by atoms with E-state index in [1.165, 1.54) is 0 Å². The minimum absolute atomic E-state index is 0.0359. The Morgan fingerprint density at radius 3 is 2.36 bits per heavy atom. The molecular weight excluding hydrogens is 176 g/mol. The van der Waals surface area contributed by atoms with E-state index >= 15 is 0 Å². The molecule has 1 rings (SSSR count). The van der Waals surface area contributed by atoms with Gasteiger partial charge in [-0.3, -0.25) is 4.79 Å². The van der Waals surface area contributed by atoms with E-state index < -0.39 is 6.04 Å².